The average Bonchev–Trinajstić information content (AvgIpc) is 2.73. The molecule has 0 radical (unpaired) electrons. The molecule has 0 fully saturated rings. The van der Waals surface area contributed by atoms with Crippen LogP contribution in [-0.2, 0) is 13.1 Å². The molecule has 3 nitrogen and oxygen atoms in total. The predicted octanol–water partition coefficient (Wildman–Crippen LogP) is 2.01. The molecule has 90 valence electrons. The lowest BCUT2D eigenvalue weighted by Gasteiger charge is -2.06. The Hall–Kier alpha value is -1.39. The number of rotatable bonds is 5. The van der Waals surface area contributed by atoms with Crippen molar-refractivity contribution in [1.29, 1.82) is 0 Å². The molecule has 0 aliphatic carbocycles. The van der Waals surface area contributed by atoms with Crippen LogP contribution >= 0.6 is 11.3 Å². The maximum absolute atomic E-state index is 11.4. The van der Waals surface area contributed by atoms with Crippen molar-refractivity contribution in [2.45, 2.75) is 20.0 Å². The third-order valence-corrected chi connectivity index (χ3v) is 3.71. The topological polar surface area (TPSA) is 34.0 Å². The van der Waals surface area contributed by atoms with Gasteiger partial charge in [0.1, 0.15) is 0 Å². The first kappa shape index (κ1) is 12.1. The van der Waals surface area contributed by atoms with Crippen LogP contribution in [0.25, 0.3) is 0 Å². The van der Waals surface area contributed by atoms with Crippen molar-refractivity contribution in [3.63, 3.8) is 0 Å². The Labute approximate surface area is 105 Å². The van der Waals surface area contributed by atoms with Gasteiger partial charge in [0, 0.05) is 36.8 Å². The quantitative estimate of drug-likeness (QED) is 0.821. The zero-order chi connectivity index (χ0) is 12.1. The summed E-state index contributed by atoms with van der Waals surface area (Å²) in [6.45, 7) is 4.52. The van der Waals surface area contributed by atoms with Crippen LogP contribution in [0.15, 0.2) is 40.6 Å². The van der Waals surface area contributed by atoms with Gasteiger partial charge in [0.15, 0.2) is 0 Å². The molecule has 0 saturated carbocycles. The minimum absolute atomic E-state index is 0.0570. The first-order chi connectivity index (χ1) is 8.27. The number of nitrogens with one attached hydrogen (secondary N) is 1. The Balaban J connectivity index is 1.79. The second kappa shape index (κ2) is 5.80. The molecule has 0 spiro atoms. The standard InChI is InChI=1S/C13H16N2OS/c1-11-5-9-17-12(11)10-14-6-8-15-7-3-2-4-13(15)16/h2-5,7,9,14H,6,8,10H2,1H3. The molecule has 2 aromatic heterocycles. The second-order valence-corrected chi connectivity index (χ2v) is 4.94. The van der Waals surface area contributed by atoms with E-state index in [0.29, 0.717) is 6.54 Å². The fraction of sp³-hybridized carbons (Fsp3) is 0.308. The summed E-state index contributed by atoms with van der Waals surface area (Å²) in [5.41, 5.74) is 1.39. The summed E-state index contributed by atoms with van der Waals surface area (Å²) in [5.74, 6) is 0. The van der Waals surface area contributed by atoms with Crippen molar-refractivity contribution in [2.24, 2.45) is 0 Å². The van der Waals surface area contributed by atoms with Crippen LogP contribution in [0, 0.1) is 6.92 Å². The summed E-state index contributed by atoms with van der Waals surface area (Å²) in [6, 6.07) is 7.36. The van der Waals surface area contributed by atoms with Crippen molar-refractivity contribution in [3.8, 4) is 0 Å². The first-order valence-corrected chi connectivity index (χ1v) is 6.54. The highest BCUT2D eigenvalue weighted by Crippen LogP contribution is 2.14. The Bertz CT molecular complexity index is 530. The minimum Gasteiger partial charge on any atom is -0.314 e. The molecule has 1 N–H and O–H groups in total. The predicted molar refractivity (Wildman–Crippen MR) is 71.5 cm³/mol. The lowest BCUT2D eigenvalue weighted by atomic mass is 10.3. The van der Waals surface area contributed by atoms with Gasteiger partial charge >= 0.3 is 0 Å². The summed E-state index contributed by atoms with van der Waals surface area (Å²) in [5, 5.41) is 5.46. The molecule has 2 aromatic rings. The van der Waals surface area contributed by atoms with Crippen LogP contribution in [0.1, 0.15) is 10.4 Å². The van der Waals surface area contributed by atoms with Crippen molar-refractivity contribution in [2.75, 3.05) is 6.54 Å². The highest BCUT2D eigenvalue weighted by atomic mass is 32.1. The molecule has 0 saturated heterocycles. The van der Waals surface area contributed by atoms with E-state index in [1.807, 2.05) is 12.3 Å². The van der Waals surface area contributed by atoms with Crippen LogP contribution in [0.5, 0.6) is 0 Å². The normalized spacial score (nSPS) is 10.6. The summed E-state index contributed by atoms with van der Waals surface area (Å²) >= 11 is 1.77. The Morgan fingerprint density at radius 3 is 2.94 bits per heavy atom. The molecule has 0 aliphatic rings. The molecule has 2 rings (SSSR count). The number of hydrogen-bond acceptors (Lipinski definition) is 3. The fourth-order valence-electron chi connectivity index (χ4n) is 1.63. The van der Waals surface area contributed by atoms with Gasteiger partial charge in [-0.2, -0.15) is 0 Å². The molecule has 4 heteroatoms. The first-order valence-electron chi connectivity index (χ1n) is 5.66. The van der Waals surface area contributed by atoms with Crippen LogP contribution in [0.3, 0.4) is 0 Å². The van der Waals surface area contributed by atoms with E-state index in [1.54, 1.807) is 28.0 Å². The molecular weight excluding hydrogens is 232 g/mol. The molecular formula is C13H16N2OS. The zero-order valence-corrected chi connectivity index (χ0v) is 10.7. The Morgan fingerprint density at radius 2 is 2.24 bits per heavy atom. The van der Waals surface area contributed by atoms with Crippen LogP contribution in [0.2, 0.25) is 0 Å². The van der Waals surface area contributed by atoms with Gasteiger partial charge in [0.05, 0.1) is 0 Å². The number of pyridine rings is 1. The number of thiophene rings is 1. The van der Waals surface area contributed by atoms with E-state index in [9.17, 15) is 4.79 Å². The molecule has 0 aliphatic heterocycles. The molecule has 17 heavy (non-hydrogen) atoms. The largest absolute Gasteiger partial charge is 0.314 e. The van der Waals surface area contributed by atoms with E-state index < -0.39 is 0 Å². The highest BCUT2D eigenvalue weighted by Gasteiger charge is 1.99. The number of aryl methyl sites for hydroxylation is 1. The van der Waals surface area contributed by atoms with Crippen LogP contribution in [0.4, 0.5) is 0 Å². The molecule has 0 unspecified atom stereocenters. The second-order valence-electron chi connectivity index (χ2n) is 3.94. The summed E-state index contributed by atoms with van der Waals surface area (Å²) in [4.78, 5) is 12.8. The summed E-state index contributed by atoms with van der Waals surface area (Å²) < 4.78 is 1.72. The van der Waals surface area contributed by atoms with Crippen LogP contribution in [-0.4, -0.2) is 11.1 Å². The third-order valence-electron chi connectivity index (χ3n) is 2.68. The van der Waals surface area contributed by atoms with Gasteiger partial charge in [-0.15, -0.1) is 11.3 Å². The lowest BCUT2D eigenvalue weighted by Crippen LogP contribution is -2.25. The van der Waals surface area contributed by atoms with Crippen molar-refractivity contribution in [1.82, 2.24) is 9.88 Å². The minimum atomic E-state index is 0.0570. The molecule has 0 atom stereocenters. The van der Waals surface area contributed by atoms with E-state index in [0.717, 1.165) is 13.1 Å². The Morgan fingerprint density at radius 1 is 1.35 bits per heavy atom. The maximum atomic E-state index is 11.4. The lowest BCUT2D eigenvalue weighted by molar-refractivity contribution is 0.587. The van der Waals surface area contributed by atoms with Gasteiger partial charge in [0.25, 0.3) is 5.56 Å². The van der Waals surface area contributed by atoms with Gasteiger partial charge in [-0.1, -0.05) is 6.07 Å². The zero-order valence-electron chi connectivity index (χ0n) is 9.85. The molecule has 0 amide bonds. The van der Waals surface area contributed by atoms with E-state index in [-0.39, 0.29) is 5.56 Å². The number of aromatic nitrogens is 1. The molecule has 0 bridgehead atoms. The van der Waals surface area contributed by atoms with Gasteiger partial charge in [-0.3, -0.25) is 4.79 Å². The smallest absolute Gasteiger partial charge is 0.250 e. The van der Waals surface area contributed by atoms with E-state index in [1.165, 1.54) is 10.4 Å². The van der Waals surface area contributed by atoms with Crippen molar-refractivity contribution < 1.29 is 0 Å². The van der Waals surface area contributed by atoms with Crippen LogP contribution < -0.4 is 10.9 Å². The average molecular weight is 248 g/mol. The number of hydrogen-bond donors (Lipinski definition) is 1. The SMILES string of the molecule is Cc1ccsc1CNCCn1ccccc1=O. The fourth-order valence-corrected chi connectivity index (χ4v) is 2.51. The van der Waals surface area contributed by atoms with Gasteiger partial charge in [-0.05, 0) is 30.0 Å². The molecule has 2 heterocycles. The van der Waals surface area contributed by atoms with Gasteiger partial charge in [0.2, 0.25) is 0 Å². The Kier molecular flexibility index (Phi) is 4.12. The van der Waals surface area contributed by atoms with Crippen molar-refractivity contribution in [3.05, 3.63) is 56.6 Å². The molecule has 0 aromatic carbocycles. The summed E-state index contributed by atoms with van der Waals surface area (Å²) in [7, 11) is 0. The van der Waals surface area contributed by atoms with E-state index in [2.05, 4.69) is 23.7 Å². The van der Waals surface area contributed by atoms with Crippen molar-refractivity contribution >= 4 is 11.3 Å². The number of nitrogens with zero attached hydrogens (tertiary/aromatic N) is 1. The van der Waals surface area contributed by atoms with E-state index >= 15 is 0 Å². The maximum Gasteiger partial charge on any atom is 0.250 e. The highest BCUT2D eigenvalue weighted by molar-refractivity contribution is 7.10. The van der Waals surface area contributed by atoms with Gasteiger partial charge in [-0.25, -0.2) is 0 Å². The van der Waals surface area contributed by atoms with E-state index in [4.69, 9.17) is 0 Å². The van der Waals surface area contributed by atoms with Gasteiger partial charge < -0.3 is 9.88 Å². The monoisotopic (exact) mass is 248 g/mol. The summed E-state index contributed by atoms with van der Waals surface area (Å²) in [6.07, 6.45) is 1.82. The third kappa shape index (κ3) is 3.28.